The SMILES string of the molecule is Cc1cc(OC[B-](F)(F)F)cc(C)c1Cl. The highest BCUT2D eigenvalue weighted by Gasteiger charge is 2.24. The average molecular weight is 237 g/mol. The largest absolute Gasteiger partial charge is 0.522 e. The van der Waals surface area contributed by atoms with Crippen LogP contribution in [-0.2, 0) is 0 Å². The third-order valence-electron chi connectivity index (χ3n) is 1.85. The maximum atomic E-state index is 11.9. The van der Waals surface area contributed by atoms with Crippen molar-refractivity contribution in [2.45, 2.75) is 13.8 Å². The summed E-state index contributed by atoms with van der Waals surface area (Å²) < 4.78 is 40.4. The normalized spacial score (nSPS) is 11.6. The van der Waals surface area contributed by atoms with E-state index in [0.29, 0.717) is 16.1 Å². The molecule has 0 aromatic heterocycles. The van der Waals surface area contributed by atoms with Crippen molar-refractivity contribution in [3.05, 3.63) is 28.3 Å². The van der Waals surface area contributed by atoms with Crippen LogP contribution in [0.25, 0.3) is 0 Å². The molecule has 0 amide bonds. The molecule has 0 atom stereocenters. The van der Waals surface area contributed by atoms with Gasteiger partial charge < -0.3 is 17.7 Å². The van der Waals surface area contributed by atoms with Crippen molar-refractivity contribution in [1.82, 2.24) is 0 Å². The first-order valence-corrected chi connectivity index (χ1v) is 4.78. The second-order valence-corrected chi connectivity index (χ2v) is 3.77. The van der Waals surface area contributed by atoms with Gasteiger partial charge in [0.05, 0.1) is 6.51 Å². The van der Waals surface area contributed by atoms with Crippen molar-refractivity contribution in [3.8, 4) is 5.75 Å². The van der Waals surface area contributed by atoms with Crippen molar-refractivity contribution < 1.29 is 17.7 Å². The van der Waals surface area contributed by atoms with E-state index >= 15 is 0 Å². The molecule has 0 unspecified atom stereocenters. The molecular formula is C9H10BClF3O-. The molecule has 0 N–H and O–H groups in total. The van der Waals surface area contributed by atoms with Crippen molar-refractivity contribution in [2.24, 2.45) is 0 Å². The summed E-state index contributed by atoms with van der Waals surface area (Å²) in [5, 5.41) is 0.555. The molecule has 1 nitrogen and oxygen atoms in total. The molecule has 0 saturated carbocycles. The van der Waals surface area contributed by atoms with E-state index in [1.807, 2.05) is 0 Å². The summed E-state index contributed by atoms with van der Waals surface area (Å²) in [6, 6.07) is 2.99. The van der Waals surface area contributed by atoms with Gasteiger partial charge in [-0.25, -0.2) is 0 Å². The fraction of sp³-hybridized carbons (Fsp3) is 0.333. The lowest BCUT2D eigenvalue weighted by molar-refractivity contribution is 0.313. The van der Waals surface area contributed by atoms with Gasteiger partial charge >= 0.3 is 6.98 Å². The second-order valence-electron chi connectivity index (χ2n) is 3.39. The highest BCUT2D eigenvalue weighted by atomic mass is 35.5. The first-order valence-electron chi connectivity index (χ1n) is 4.40. The number of hydrogen-bond acceptors (Lipinski definition) is 1. The summed E-state index contributed by atoms with van der Waals surface area (Å²) in [4.78, 5) is 0. The zero-order valence-electron chi connectivity index (χ0n) is 8.36. The Hall–Kier alpha value is -0.835. The lowest BCUT2D eigenvalue weighted by Crippen LogP contribution is -2.26. The molecule has 0 aliphatic rings. The molecule has 0 spiro atoms. The van der Waals surface area contributed by atoms with Gasteiger partial charge in [-0.1, -0.05) is 11.6 Å². The smallest absolute Gasteiger partial charge is 0.515 e. The molecule has 0 aliphatic heterocycles. The predicted octanol–water partition coefficient (Wildman–Crippen LogP) is 3.72. The van der Waals surface area contributed by atoms with Gasteiger partial charge in [-0.05, 0) is 37.1 Å². The Bertz CT molecular complexity index is 342. The Kier molecular flexibility index (Phi) is 3.55. The molecule has 1 aromatic rings. The molecule has 15 heavy (non-hydrogen) atoms. The molecule has 0 fully saturated rings. The number of hydrogen-bond donors (Lipinski definition) is 0. The minimum Gasteiger partial charge on any atom is -0.522 e. The van der Waals surface area contributed by atoms with E-state index in [0.717, 1.165) is 0 Å². The monoisotopic (exact) mass is 237 g/mol. The molecule has 0 bridgehead atoms. The highest BCUT2D eigenvalue weighted by Crippen LogP contribution is 2.26. The van der Waals surface area contributed by atoms with Crippen LogP contribution in [0.1, 0.15) is 11.1 Å². The van der Waals surface area contributed by atoms with Crippen LogP contribution in [-0.4, -0.2) is 13.5 Å². The fourth-order valence-electron chi connectivity index (χ4n) is 1.18. The van der Waals surface area contributed by atoms with Gasteiger partial charge in [-0.15, -0.1) is 0 Å². The van der Waals surface area contributed by atoms with Gasteiger partial charge in [-0.2, -0.15) is 0 Å². The van der Waals surface area contributed by atoms with Crippen molar-refractivity contribution in [1.29, 1.82) is 0 Å². The first kappa shape index (κ1) is 12.2. The molecular weight excluding hydrogens is 227 g/mol. The Morgan fingerprint density at radius 2 is 1.67 bits per heavy atom. The zero-order chi connectivity index (χ0) is 11.6. The standard InChI is InChI=1S/C9H10BClF3O/c1-6-3-8(4-7(2)9(6)11)15-5-10(12,13)14/h3-4H,5H2,1-2H3/q-1. The van der Waals surface area contributed by atoms with E-state index in [1.165, 1.54) is 12.1 Å². The van der Waals surface area contributed by atoms with Crippen molar-refractivity contribution >= 4 is 18.6 Å². The summed E-state index contributed by atoms with van der Waals surface area (Å²) in [6.45, 7) is -2.69. The Morgan fingerprint density at radius 3 is 2.07 bits per heavy atom. The van der Waals surface area contributed by atoms with Crippen LogP contribution in [0, 0.1) is 13.8 Å². The van der Waals surface area contributed by atoms with Gasteiger partial charge in [-0.3, -0.25) is 0 Å². The first-order chi connectivity index (χ1) is 6.79. The summed E-state index contributed by atoms with van der Waals surface area (Å²) >= 11 is 5.87. The number of rotatable bonds is 3. The second kappa shape index (κ2) is 4.35. The van der Waals surface area contributed by atoms with Crippen LogP contribution < -0.4 is 4.74 Å². The Balaban J connectivity index is 2.80. The molecule has 84 valence electrons. The summed E-state index contributed by atoms with van der Waals surface area (Å²) in [5.41, 5.74) is 1.42. The van der Waals surface area contributed by atoms with E-state index in [9.17, 15) is 12.9 Å². The van der Waals surface area contributed by atoms with Gasteiger partial charge in [0, 0.05) is 5.02 Å². The molecule has 0 heterocycles. The molecule has 0 aliphatic carbocycles. The van der Waals surface area contributed by atoms with Crippen LogP contribution in [0.4, 0.5) is 12.9 Å². The van der Waals surface area contributed by atoms with Crippen LogP contribution in [0.15, 0.2) is 12.1 Å². The van der Waals surface area contributed by atoms with Crippen molar-refractivity contribution in [2.75, 3.05) is 6.51 Å². The predicted molar refractivity (Wildman–Crippen MR) is 55.5 cm³/mol. The molecule has 6 heteroatoms. The number of benzene rings is 1. The van der Waals surface area contributed by atoms with E-state index < -0.39 is 13.5 Å². The topological polar surface area (TPSA) is 9.23 Å². The van der Waals surface area contributed by atoms with E-state index in [2.05, 4.69) is 4.74 Å². The van der Waals surface area contributed by atoms with E-state index in [4.69, 9.17) is 11.6 Å². The summed E-state index contributed by atoms with van der Waals surface area (Å²) in [6.07, 6.45) is 0. The van der Waals surface area contributed by atoms with Crippen LogP contribution >= 0.6 is 11.6 Å². The Labute approximate surface area is 91.2 Å². The van der Waals surface area contributed by atoms with Gasteiger partial charge in [0.2, 0.25) is 0 Å². The lowest BCUT2D eigenvalue weighted by atomic mass is 9.95. The van der Waals surface area contributed by atoms with Gasteiger partial charge in [0.25, 0.3) is 0 Å². The van der Waals surface area contributed by atoms with Crippen LogP contribution in [0.5, 0.6) is 5.75 Å². The van der Waals surface area contributed by atoms with E-state index in [-0.39, 0.29) is 5.75 Å². The molecule has 0 radical (unpaired) electrons. The van der Waals surface area contributed by atoms with Crippen LogP contribution in [0.2, 0.25) is 5.02 Å². The number of aryl methyl sites for hydroxylation is 2. The molecule has 0 saturated heterocycles. The summed E-state index contributed by atoms with van der Waals surface area (Å²) in [5.74, 6) is 0.202. The third-order valence-corrected chi connectivity index (χ3v) is 2.45. The van der Waals surface area contributed by atoms with Gasteiger partial charge in [0.1, 0.15) is 5.75 Å². The molecule has 1 aromatic carbocycles. The highest BCUT2D eigenvalue weighted by molar-refractivity contribution is 6.58. The van der Waals surface area contributed by atoms with Crippen LogP contribution in [0.3, 0.4) is 0 Å². The summed E-state index contributed by atoms with van der Waals surface area (Å²) in [7, 11) is 0. The minimum absolute atomic E-state index is 0.202. The fourth-order valence-corrected chi connectivity index (χ4v) is 1.29. The molecule has 1 rings (SSSR count). The average Bonchev–Trinajstić information content (AvgIpc) is 2.09. The zero-order valence-corrected chi connectivity index (χ0v) is 9.12. The Morgan fingerprint density at radius 1 is 1.20 bits per heavy atom. The number of halogens is 4. The minimum atomic E-state index is -4.91. The maximum Gasteiger partial charge on any atom is 0.515 e. The lowest BCUT2D eigenvalue weighted by Gasteiger charge is -2.16. The van der Waals surface area contributed by atoms with Crippen molar-refractivity contribution in [3.63, 3.8) is 0 Å². The quantitative estimate of drug-likeness (QED) is 0.728. The maximum absolute atomic E-state index is 11.9. The van der Waals surface area contributed by atoms with E-state index in [1.54, 1.807) is 13.8 Å². The number of ether oxygens (including phenoxy) is 1. The third kappa shape index (κ3) is 3.66. The van der Waals surface area contributed by atoms with Gasteiger partial charge in [0.15, 0.2) is 0 Å².